The zero-order valence-electron chi connectivity index (χ0n) is 8.20. The van der Waals surface area contributed by atoms with Crippen LogP contribution in [0.25, 0.3) is 0 Å². The minimum Gasteiger partial charge on any atom is -0.311 e. The van der Waals surface area contributed by atoms with Gasteiger partial charge in [-0.25, -0.2) is 0 Å². The van der Waals surface area contributed by atoms with Gasteiger partial charge < -0.3 is 34.4 Å². The molecule has 0 atom stereocenters. The number of rotatable bonds is 3. The van der Waals surface area contributed by atoms with Crippen LogP contribution in [0.3, 0.4) is 0 Å². The molecular weight excluding hydrogens is 186 g/mol. The number of nitrogens with two attached hydrogens (primary N) is 9. The Morgan fingerprint density at radius 1 is 0.571 bits per heavy atom. The minimum atomic E-state index is -2.04. The van der Waals surface area contributed by atoms with Crippen LogP contribution in [0.5, 0.6) is 0 Å². The van der Waals surface area contributed by atoms with Gasteiger partial charge in [-0.1, -0.05) is 0 Å². The Morgan fingerprint density at radius 3 is 0.929 bits per heavy atom. The average molecular weight is 207 g/mol. The topological polar surface area (TPSA) is 234 Å². The average Bonchev–Trinajstić information content (AvgIpc) is 1.81. The van der Waals surface area contributed by atoms with E-state index in [1.807, 2.05) is 0 Å². The molecule has 0 radical (unpaired) electrons. The molecule has 0 aliphatic heterocycles. The zero-order valence-corrected chi connectivity index (χ0v) is 8.20. The molecule has 0 aliphatic carbocycles. The van der Waals surface area contributed by atoms with Crippen molar-refractivity contribution in [3.63, 3.8) is 0 Å². The Labute approximate surface area is 82.3 Å². The van der Waals surface area contributed by atoms with Gasteiger partial charge in [0.05, 0.1) is 5.66 Å². The molecule has 0 bridgehead atoms. The molecule has 9 heteroatoms. The van der Waals surface area contributed by atoms with E-state index in [-0.39, 0.29) is 0 Å². The molecule has 0 saturated carbocycles. The fourth-order valence-electron chi connectivity index (χ4n) is 0.804. The maximum Gasteiger partial charge on any atom is 0.151 e. The van der Waals surface area contributed by atoms with Crippen molar-refractivity contribution < 1.29 is 0 Å². The van der Waals surface area contributed by atoms with Gasteiger partial charge in [-0.2, -0.15) is 0 Å². The Hall–Kier alpha value is -0.360. The monoisotopic (exact) mass is 207 g/mol. The lowest BCUT2D eigenvalue weighted by molar-refractivity contribution is 0.0663. The first-order valence-corrected chi connectivity index (χ1v) is 3.85. The molecule has 0 saturated heterocycles. The van der Waals surface area contributed by atoms with Gasteiger partial charge in [-0.15, -0.1) is 0 Å². The van der Waals surface area contributed by atoms with Gasteiger partial charge in [0, 0.05) is 0 Å². The summed E-state index contributed by atoms with van der Waals surface area (Å²) in [5.41, 5.74) is 43.7. The van der Waals surface area contributed by atoms with Crippen molar-refractivity contribution in [1.82, 2.24) is 0 Å². The molecule has 0 rings (SSSR count). The molecule has 0 heterocycles. The zero-order chi connectivity index (χ0) is 12.0. The normalized spacial score (nSPS) is 15.9. The van der Waals surface area contributed by atoms with Crippen LogP contribution in [0.2, 0.25) is 0 Å². The molecule has 86 valence electrons. The Bertz CT molecular complexity index is 182. The van der Waals surface area contributed by atoms with Crippen LogP contribution in [0, 0.1) is 0 Å². The van der Waals surface area contributed by atoms with E-state index < -0.39 is 22.8 Å². The van der Waals surface area contributed by atoms with Crippen molar-refractivity contribution in [3.05, 3.63) is 0 Å². The van der Waals surface area contributed by atoms with Crippen molar-refractivity contribution >= 4 is 0 Å². The van der Waals surface area contributed by atoms with Crippen LogP contribution in [0.15, 0.2) is 0 Å². The maximum absolute atomic E-state index is 5.60. The molecule has 0 fully saturated rings. The van der Waals surface area contributed by atoms with Gasteiger partial charge in [-0.3, -0.25) is 17.2 Å². The molecule has 0 aromatic heterocycles. The lowest BCUT2D eigenvalue weighted by atomic mass is 9.81. The fourth-order valence-corrected chi connectivity index (χ4v) is 0.804. The molecule has 14 heavy (non-hydrogen) atoms. The minimum absolute atomic E-state index is 1.33. The van der Waals surface area contributed by atoms with E-state index in [1.54, 1.807) is 0 Å². The molecule has 0 unspecified atom stereocenters. The third-order valence-electron chi connectivity index (χ3n) is 2.29. The summed E-state index contributed by atoms with van der Waals surface area (Å²) < 4.78 is 0. The highest BCUT2D eigenvalue weighted by Crippen LogP contribution is 2.18. The number of hydrogen-bond acceptors (Lipinski definition) is 9. The highest BCUT2D eigenvalue weighted by Gasteiger charge is 2.57. The second-order valence-electron chi connectivity index (χ2n) is 3.95. The van der Waals surface area contributed by atoms with Crippen LogP contribution >= 0.6 is 0 Å². The molecule has 9 nitrogen and oxygen atoms in total. The van der Waals surface area contributed by atoms with Crippen LogP contribution in [0.4, 0.5) is 0 Å². The summed E-state index contributed by atoms with van der Waals surface area (Å²) in [5.74, 6) is -2.02. The van der Waals surface area contributed by atoms with Gasteiger partial charge >= 0.3 is 0 Å². The van der Waals surface area contributed by atoms with E-state index in [2.05, 4.69) is 0 Å². The quantitative estimate of drug-likeness (QED) is 0.200. The van der Waals surface area contributed by atoms with E-state index in [1.165, 1.54) is 6.92 Å². The largest absolute Gasteiger partial charge is 0.311 e. The van der Waals surface area contributed by atoms with Gasteiger partial charge in [-0.05, 0) is 6.92 Å². The maximum atomic E-state index is 5.60. The van der Waals surface area contributed by atoms with Crippen LogP contribution in [-0.2, 0) is 0 Å². The van der Waals surface area contributed by atoms with Crippen molar-refractivity contribution in [2.24, 2.45) is 51.6 Å². The van der Waals surface area contributed by atoms with E-state index in [4.69, 9.17) is 51.6 Å². The fraction of sp³-hybridized carbons (Fsp3) is 1.00. The lowest BCUT2D eigenvalue weighted by Crippen LogP contribution is -2.98. The van der Waals surface area contributed by atoms with E-state index >= 15 is 0 Å². The Kier molecular flexibility index (Phi) is 2.99. The van der Waals surface area contributed by atoms with Crippen LogP contribution in [0.1, 0.15) is 6.92 Å². The standard InChI is InChI=1S/C5H21N9/c1-2(6,7)3(8,9)4(10,11)5(12,13)14/h6-14H2,1H3. The van der Waals surface area contributed by atoms with Crippen LogP contribution in [-0.4, -0.2) is 22.8 Å². The predicted molar refractivity (Wildman–Crippen MR) is 54.3 cm³/mol. The third kappa shape index (κ3) is 1.86. The first-order valence-electron chi connectivity index (χ1n) is 3.85. The predicted octanol–water partition coefficient (Wildman–Crippen LogP) is -5.62. The van der Waals surface area contributed by atoms with Crippen molar-refractivity contribution in [3.8, 4) is 0 Å². The SMILES string of the molecule is CC(N)(N)C(N)(N)C(N)(N)C(N)(N)N. The number of hydrogen-bond donors (Lipinski definition) is 9. The van der Waals surface area contributed by atoms with E-state index in [0.29, 0.717) is 0 Å². The summed E-state index contributed by atoms with van der Waals surface area (Å²) in [6.45, 7) is 1.33. The smallest absolute Gasteiger partial charge is 0.151 e. The van der Waals surface area contributed by atoms with E-state index in [0.717, 1.165) is 0 Å². The molecule has 0 aromatic carbocycles. The summed E-state index contributed by atoms with van der Waals surface area (Å²) in [6.07, 6.45) is 0. The van der Waals surface area contributed by atoms with Gasteiger partial charge in [0.15, 0.2) is 5.79 Å². The summed E-state index contributed by atoms with van der Waals surface area (Å²) in [5, 5.41) is 0. The summed E-state index contributed by atoms with van der Waals surface area (Å²) in [7, 11) is 0. The highest BCUT2D eigenvalue weighted by molar-refractivity contribution is 5.16. The van der Waals surface area contributed by atoms with Crippen molar-refractivity contribution in [1.29, 1.82) is 0 Å². The van der Waals surface area contributed by atoms with E-state index in [9.17, 15) is 0 Å². The lowest BCUT2D eigenvalue weighted by Gasteiger charge is -2.52. The second-order valence-corrected chi connectivity index (χ2v) is 3.95. The van der Waals surface area contributed by atoms with Gasteiger partial charge in [0.25, 0.3) is 0 Å². The van der Waals surface area contributed by atoms with Gasteiger partial charge in [0.2, 0.25) is 0 Å². The molecular formula is C5H21N9. The molecule has 18 N–H and O–H groups in total. The molecule has 0 amide bonds. The Balaban J connectivity index is 5.30. The summed E-state index contributed by atoms with van der Waals surface area (Å²) in [4.78, 5) is 0. The highest BCUT2D eigenvalue weighted by atomic mass is 15.3. The molecule has 0 aromatic rings. The summed E-state index contributed by atoms with van der Waals surface area (Å²) >= 11 is 0. The van der Waals surface area contributed by atoms with Crippen molar-refractivity contribution in [2.45, 2.75) is 29.7 Å². The first-order chi connectivity index (χ1) is 5.75. The van der Waals surface area contributed by atoms with Crippen LogP contribution < -0.4 is 51.6 Å². The molecule has 0 spiro atoms. The van der Waals surface area contributed by atoms with Crippen molar-refractivity contribution in [2.75, 3.05) is 0 Å². The third-order valence-corrected chi connectivity index (χ3v) is 2.29. The molecule has 0 aliphatic rings. The first kappa shape index (κ1) is 13.6. The van der Waals surface area contributed by atoms with Gasteiger partial charge in [0.1, 0.15) is 11.3 Å². The summed E-state index contributed by atoms with van der Waals surface area (Å²) in [6, 6.07) is 0. The second kappa shape index (κ2) is 3.06. The Morgan fingerprint density at radius 2 is 0.857 bits per heavy atom.